The first kappa shape index (κ1) is 22.8. The summed E-state index contributed by atoms with van der Waals surface area (Å²) in [5.41, 5.74) is 3.93. The Morgan fingerprint density at radius 3 is 2.48 bits per heavy atom. The molecule has 4 nitrogen and oxygen atoms in total. The van der Waals surface area contributed by atoms with E-state index in [0.717, 1.165) is 39.5 Å². The summed E-state index contributed by atoms with van der Waals surface area (Å²) in [5.74, 6) is -0.242. The minimum atomic E-state index is -4.35. The summed E-state index contributed by atoms with van der Waals surface area (Å²) in [6, 6.07) is 11.0. The summed E-state index contributed by atoms with van der Waals surface area (Å²) < 4.78 is 43.0. The van der Waals surface area contributed by atoms with Crippen LogP contribution in [0.4, 0.5) is 18.9 Å². The second kappa shape index (κ2) is 9.51. The molecule has 0 radical (unpaired) electrons. The number of aromatic nitrogens is 1. The van der Waals surface area contributed by atoms with Gasteiger partial charge < -0.3 is 10.1 Å². The molecule has 1 aromatic heterocycles. The number of benzene rings is 2. The fourth-order valence-electron chi connectivity index (χ4n) is 3.18. The lowest BCUT2D eigenvalue weighted by atomic mass is 10.0. The highest BCUT2D eigenvalue weighted by molar-refractivity contribution is 7.15. The molecule has 0 aliphatic carbocycles. The van der Waals surface area contributed by atoms with Crippen LogP contribution in [0, 0.1) is 13.8 Å². The summed E-state index contributed by atoms with van der Waals surface area (Å²) in [4.78, 5) is 17.0. The molecular formula is C23H23F3N2O2S. The first-order valence-corrected chi connectivity index (χ1v) is 10.5. The van der Waals surface area contributed by atoms with Gasteiger partial charge in [0.05, 0.1) is 24.9 Å². The van der Waals surface area contributed by atoms with Crippen LogP contribution in [0.2, 0.25) is 0 Å². The molecule has 3 aromatic rings. The smallest absolute Gasteiger partial charge is 0.416 e. The van der Waals surface area contributed by atoms with Crippen molar-refractivity contribution in [1.29, 1.82) is 0 Å². The number of nitrogens with zero attached hydrogens (tertiary/aromatic N) is 1. The Labute approximate surface area is 183 Å². The summed E-state index contributed by atoms with van der Waals surface area (Å²) in [6.07, 6.45) is -3.42. The molecule has 2 aromatic carbocycles. The molecule has 3 rings (SSSR count). The number of aryl methyl sites for hydroxylation is 2. The van der Waals surface area contributed by atoms with E-state index in [-0.39, 0.29) is 5.97 Å². The van der Waals surface area contributed by atoms with Gasteiger partial charge in [-0.25, -0.2) is 4.98 Å². The summed E-state index contributed by atoms with van der Waals surface area (Å²) in [7, 11) is 1.38. The van der Waals surface area contributed by atoms with Gasteiger partial charge in [-0.1, -0.05) is 24.3 Å². The van der Waals surface area contributed by atoms with Crippen LogP contribution in [0.1, 0.15) is 33.7 Å². The lowest BCUT2D eigenvalue weighted by Crippen LogP contribution is -2.05. The fraction of sp³-hybridized carbons (Fsp3) is 0.304. The van der Waals surface area contributed by atoms with Crippen LogP contribution >= 0.6 is 11.3 Å². The molecule has 31 heavy (non-hydrogen) atoms. The summed E-state index contributed by atoms with van der Waals surface area (Å²) in [5, 5.41) is 4.10. The Hall–Kier alpha value is -2.87. The van der Waals surface area contributed by atoms with E-state index in [0.29, 0.717) is 30.0 Å². The van der Waals surface area contributed by atoms with Gasteiger partial charge in [0.15, 0.2) is 0 Å². The second-order valence-corrected chi connectivity index (χ2v) is 8.21. The van der Waals surface area contributed by atoms with Gasteiger partial charge in [0.1, 0.15) is 5.01 Å². The zero-order chi connectivity index (χ0) is 22.6. The van der Waals surface area contributed by atoms with Crippen LogP contribution in [0.25, 0.3) is 10.6 Å². The molecule has 0 saturated carbocycles. The average Bonchev–Trinajstić information content (AvgIpc) is 3.12. The first-order chi connectivity index (χ1) is 14.7. The van der Waals surface area contributed by atoms with Gasteiger partial charge in [0.25, 0.3) is 0 Å². The molecular weight excluding hydrogens is 425 g/mol. The molecule has 0 fully saturated rings. The van der Waals surface area contributed by atoms with E-state index in [9.17, 15) is 18.0 Å². The first-order valence-electron chi connectivity index (χ1n) is 9.72. The molecule has 0 saturated heterocycles. The number of esters is 1. The number of thiazole rings is 1. The Morgan fingerprint density at radius 2 is 1.84 bits per heavy atom. The zero-order valence-corrected chi connectivity index (χ0v) is 18.3. The van der Waals surface area contributed by atoms with E-state index >= 15 is 0 Å². The fourth-order valence-corrected chi connectivity index (χ4v) is 4.18. The van der Waals surface area contributed by atoms with E-state index in [1.54, 1.807) is 0 Å². The number of carbonyl (C=O) groups excluding carboxylic acids is 1. The third-order valence-corrected chi connectivity index (χ3v) is 6.27. The lowest BCUT2D eigenvalue weighted by molar-refractivity contribution is -0.140. The molecule has 164 valence electrons. The molecule has 1 N–H and O–H groups in total. The third kappa shape index (κ3) is 5.64. The number of anilines is 1. The predicted octanol–water partition coefficient (Wildman–Crippen LogP) is 6.16. The second-order valence-electron chi connectivity index (χ2n) is 7.12. The third-order valence-electron chi connectivity index (χ3n) is 5.06. The number of rotatable bonds is 7. The van der Waals surface area contributed by atoms with Gasteiger partial charge in [-0.15, -0.1) is 11.3 Å². The van der Waals surface area contributed by atoms with Crippen molar-refractivity contribution in [2.24, 2.45) is 0 Å². The van der Waals surface area contributed by atoms with Crippen molar-refractivity contribution < 1.29 is 22.7 Å². The van der Waals surface area contributed by atoms with Gasteiger partial charge in [-0.3, -0.25) is 4.79 Å². The van der Waals surface area contributed by atoms with Gasteiger partial charge >= 0.3 is 12.1 Å². The van der Waals surface area contributed by atoms with Crippen molar-refractivity contribution in [1.82, 2.24) is 4.98 Å². The number of nitrogens with one attached hydrogen (secondary N) is 1. The largest absolute Gasteiger partial charge is 0.469 e. The zero-order valence-electron chi connectivity index (χ0n) is 17.5. The van der Waals surface area contributed by atoms with E-state index in [2.05, 4.69) is 10.3 Å². The van der Waals surface area contributed by atoms with Crippen molar-refractivity contribution in [3.63, 3.8) is 0 Å². The van der Waals surface area contributed by atoms with Crippen LogP contribution in [0.15, 0.2) is 42.5 Å². The van der Waals surface area contributed by atoms with Gasteiger partial charge in [0, 0.05) is 22.5 Å². The molecule has 0 atom stereocenters. The van der Waals surface area contributed by atoms with Crippen LogP contribution < -0.4 is 5.32 Å². The highest BCUT2D eigenvalue weighted by Crippen LogP contribution is 2.33. The Morgan fingerprint density at radius 1 is 1.13 bits per heavy atom. The number of hydrogen-bond acceptors (Lipinski definition) is 5. The maximum absolute atomic E-state index is 12.8. The normalized spacial score (nSPS) is 11.4. The number of methoxy groups -OCH3 is 1. The molecule has 0 aliphatic heterocycles. The maximum Gasteiger partial charge on any atom is 0.416 e. The molecule has 1 heterocycles. The molecule has 0 aliphatic rings. The Bertz CT molecular complexity index is 1060. The van der Waals surface area contributed by atoms with Crippen LogP contribution in [-0.4, -0.2) is 18.1 Å². The van der Waals surface area contributed by atoms with E-state index in [1.807, 2.05) is 32.0 Å². The number of alkyl halides is 3. The molecule has 0 unspecified atom stereocenters. The number of halogens is 3. The van der Waals surface area contributed by atoms with Gasteiger partial charge in [-0.2, -0.15) is 13.2 Å². The average molecular weight is 449 g/mol. The summed E-state index contributed by atoms with van der Waals surface area (Å²) >= 11 is 1.46. The Balaban J connectivity index is 1.71. The number of carbonyl (C=O) groups is 1. The van der Waals surface area contributed by atoms with Gasteiger partial charge in [-0.05, 0) is 49.6 Å². The monoisotopic (exact) mass is 448 g/mol. The molecule has 0 amide bonds. The van der Waals surface area contributed by atoms with E-state index in [4.69, 9.17) is 4.74 Å². The summed E-state index contributed by atoms with van der Waals surface area (Å²) in [6.45, 7) is 4.44. The SMILES string of the molecule is COC(=O)CCc1cccc(NCc2sc(-c3ccc(C(F)(F)F)cc3)nc2C)c1C. The predicted molar refractivity (Wildman–Crippen MR) is 116 cm³/mol. The van der Waals surface area contributed by atoms with Crippen molar-refractivity contribution >= 4 is 23.0 Å². The molecule has 8 heteroatoms. The topological polar surface area (TPSA) is 51.2 Å². The van der Waals surface area contributed by atoms with Crippen LogP contribution in [0.5, 0.6) is 0 Å². The molecule has 0 bridgehead atoms. The number of hydrogen-bond donors (Lipinski definition) is 1. The minimum absolute atomic E-state index is 0.242. The van der Waals surface area contributed by atoms with Crippen molar-refractivity contribution in [3.8, 4) is 10.6 Å². The quantitative estimate of drug-likeness (QED) is 0.440. The Kier molecular flexibility index (Phi) is 7.00. The standard InChI is InChI=1S/C23H23F3N2O2S/c1-14-16(9-12-21(29)30-3)5-4-6-19(14)27-13-20-15(2)28-22(31-20)17-7-10-18(11-8-17)23(24,25)26/h4-8,10-11,27H,9,12-13H2,1-3H3. The lowest BCUT2D eigenvalue weighted by Gasteiger charge is -2.13. The van der Waals surface area contributed by atoms with Gasteiger partial charge in [0.2, 0.25) is 0 Å². The molecule has 0 spiro atoms. The van der Waals surface area contributed by atoms with Crippen molar-refractivity contribution in [2.75, 3.05) is 12.4 Å². The number of ether oxygens (including phenoxy) is 1. The van der Waals surface area contributed by atoms with Crippen LogP contribution in [-0.2, 0) is 28.7 Å². The highest BCUT2D eigenvalue weighted by atomic mass is 32.1. The van der Waals surface area contributed by atoms with Crippen molar-refractivity contribution in [3.05, 3.63) is 69.7 Å². The van der Waals surface area contributed by atoms with E-state index < -0.39 is 11.7 Å². The maximum atomic E-state index is 12.8. The van der Waals surface area contributed by atoms with Crippen molar-refractivity contribution in [2.45, 2.75) is 39.4 Å². The van der Waals surface area contributed by atoms with Crippen LogP contribution in [0.3, 0.4) is 0 Å². The minimum Gasteiger partial charge on any atom is -0.469 e. The van der Waals surface area contributed by atoms with E-state index in [1.165, 1.54) is 30.6 Å². The highest BCUT2D eigenvalue weighted by Gasteiger charge is 2.30.